The maximum absolute atomic E-state index is 13.6. The lowest BCUT2D eigenvalue weighted by Gasteiger charge is -2.31. The van der Waals surface area contributed by atoms with Gasteiger partial charge in [-0.2, -0.15) is 5.01 Å². The minimum absolute atomic E-state index is 0.0348. The number of rotatable bonds is 6. The largest absolute Gasteiger partial charge is 0.497 e. The van der Waals surface area contributed by atoms with Crippen molar-refractivity contribution in [2.75, 3.05) is 13.7 Å². The minimum Gasteiger partial charge on any atom is -0.497 e. The van der Waals surface area contributed by atoms with Crippen LogP contribution in [0.2, 0.25) is 10.0 Å². The Bertz CT molecular complexity index is 1230. The van der Waals surface area contributed by atoms with Gasteiger partial charge in [-0.15, -0.1) is 0 Å². The molecule has 174 valence electrons. The summed E-state index contributed by atoms with van der Waals surface area (Å²) in [6.45, 7) is -0.508. The van der Waals surface area contributed by atoms with Gasteiger partial charge in [0.2, 0.25) is 0 Å². The maximum atomic E-state index is 13.6. The van der Waals surface area contributed by atoms with E-state index in [0.29, 0.717) is 5.75 Å². The van der Waals surface area contributed by atoms with E-state index in [1.165, 1.54) is 31.4 Å². The molecule has 2 aromatic carbocycles. The number of imide groups is 1. The number of methoxy groups -OCH3 is 1. The van der Waals surface area contributed by atoms with E-state index in [2.05, 4.69) is 0 Å². The van der Waals surface area contributed by atoms with Crippen molar-refractivity contribution in [3.05, 3.63) is 75.8 Å². The summed E-state index contributed by atoms with van der Waals surface area (Å²) in [6.07, 6.45) is 4.68. The Morgan fingerprint density at radius 2 is 1.65 bits per heavy atom. The molecule has 3 aliphatic rings. The fraction of sp³-hybridized carbons (Fsp3) is 0.280. The summed E-state index contributed by atoms with van der Waals surface area (Å²) in [5, 5.41) is 2.20. The van der Waals surface area contributed by atoms with E-state index < -0.39 is 41.9 Å². The van der Waals surface area contributed by atoms with Gasteiger partial charge in [-0.25, -0.2) is 5.01 Å². The average Bonchev–Trinajstić information content (AvgIpc) is 3.52. The highest BCUT2D eigenvalue weighted by atomic mass is 35.5. The lowest BCUT2D eigenvalue weighted by Crippen LogP contribution is -2.52. The van der Waals surface area contributed by atoms with Crippen LogP contribution in [0.15, 0.2) is 54.6 Å². The first-order valence-electron chi connectivity index (χ1n) is 10.8. The lowest BCUT2D eigenvalue weighted by atomic mass is 9.85. The van der Waals surface area contributed by atoms with E-state index in [1.807, 2.05) is 12.2 Å². The van der Waals surface area contributed by atoms with Gasteiger partial charge in [0.25, 0.3) is 17.7 Å². The number of hydrogen-bond acceptors (Lipinski definition) is 5. The molecule has 0 aromatic heterocycles. The Balaban J connectivity index is 1.51. The molecular weight excluding hydrogens is 479 g/mol. The molecule has 4 atom stereocenters. The average molecular weight is 499 g/mol. The molecule has 0 unspecified atom stereocenters. The van der Waals surface area contributed by atoms with Crippen LogP contribution in [0, 0.1) is 23.7 Å². The van der Waals surface area contributed by atoms with Crippen LogP contribution < -0.4 is 4.74 Å². The molecule has 2 fully saturated rings. The van der Waals surface area contributed by atoms with Crippen molar-refractivity contribution in [2.24, 2.45) is 23.7 Å². The zero-order chi connectivity index (χ0) is 24.1. The van der Waals surface area contributed by atoms with Gasteiger partial charge in [0.05, 0.1) is 29.0 Å². The summed E-state index contributed by atoms with van der Waals surface area (Å²) >= 11 is 12.1. The van der Waals surface area contributed by atoms with Crippen molar-refractivity contribution in [1.82, 2.24) is 10.0 Å². The molecule has 7 nitrogen and oxygen atoms in total. The molecule has 1 saturated carbocycles. The number of ketones is 1. The lowest BCUT2D eigenvalue weighted by molar-refractivity contribution is -0.154. The molecular formula is C25H20Cl2N2O5. The monoisotopic (exact) mass is 498 g/mol. The van der Waals surface area contributed by atoms with Crippen LogP contribution >= 0.6 is 23.2 Å². The van der Waals surface area contributed by atoms with Crippen LogP contribution in [0.5, 0.6) is 5.75 Å². The summed E-state index contributed by atoms with van der Waals surface area (Å²) in [7, 11) is 1.48. The topological polar surface area (TPSA) is 84.0 Å². The predicted molar refractivity (Wildman–Crippen MR) is 124 cm³/mol. The number of allylic oxidation sites excluding steroid dienone is 2. The third kappa shape index (κ3) is 3.60. The molecule has 9 heteroatoms. The number of hydrazine groups is 1. The van der Waals surface area contributed by atoms with Crippen molar-refractivity contribution in [1.29, 1.82) is 0 Å². The van der Waals surface area contributed by atoms with E-state index in [9.17, 15) is 19.2 Å². The number of nitrogens with zero attached hydrogens (tertiary/aromatic N) is 2. The molecule has 3 amide bonds. The van der Waals surface area contributed by atoms with Gasteiger partial charge in [-0.05, 0) is 48.6 Å². The van der Waals surface area contributed by atoms with Crippen LogP contribution in [0.1, 0.15) is 27.1 Å². The number of halogens is 2. The molecule has 0 N–H and O–H groups in total. The van der Waals surface area contributed by atoms with Crippen molar-refractivity contribution in [3.8, 4) is 5.75 Å². The fourth-order valence-corrected chi connectivity index (χ4v) is 5.46. The molecule has 1 heterocycles. The molecule has 1 saturated heterocycles. The highest BCUT2D eigenvalue weighted by Gasteiger charge is 2.61. The van der Waals surface area contributed by atoms with Gasteiger partial charge in [-0.3, -0.25) is 19.2 Å². The molecule has 34 heavy (non-hydrogen) atoms. The first-order valence-corrected chi connectivity index (χ1v) is 11.6. The highest BCUT2D eigenvalue weighted by Crippen LogP contribution is 2.52. The van der Waals surface area contributed by atoms with E-state index in [4.69, 9.17) is 27.9 Å². The van der Waals surface area contributed by atoms with Crippen molar-refractivity contribution in [3.63, 3.8) is 0 Å². The van der Waals surface area contributed by atoms with Crippen LogP contribution in [0.25, 0.3) is 0 Å². The molecule has 0 spiro atoms. The first kappa shape index (κ1) is 22.6. The van der Waals surface area contributed by atoms with E-state index in [-0.39, 0.29) is 33.0 Å². The van der Waals surface area contributed by atoms with Crippen LogP contribution in [-0.2, 0) is 9.59 Å². The van der Waals surface area contributed by atoms with Crippen LogP contribution in [0.4, 0.5) is 0 Å². The molecule has 5 rings (SSSR count). The number of carbonyl (C=O) groups excluding carboxylic acids is 4. The van der Waals surface area contributed by atoms with Crippen molar-refractivity contribution < 1.29 is 23.9 Å². The summed E-state index contributed by atoms with van der Waals surface area (Å²) in [5.74, 6) is -2.70. The molecule has 2 aliphatic carbocycles. The number of Topliss-reactive ketones (excluding diaryl/α,β-unsaturated/α-hetero) is 1. The number of carbonyl (C=O) groups is 4. The Hall–Kier alpha value is -3.16. The highest BCUT2D eigenvalue weighted by molar-refractivity contribution is 6.42. The third-order valence-electron chi connectivity index (χ3n) is 6.77. The summed E-state index contributed by atoms with van der Waals surface area (Å²) < 4.78 is 5.18. The Kier molecular flexibility index (Phi) is 5.70. The fourth-order valence-electron chi connectivity index (χ4n) is 5.16. The smallest absolute Gasteiger partial charge is 0.273 e. The second-order valence-corrected chi connectivity index (χ2v) is 9.45. The van der Waals surface area contributed by atoms with Gasteiger partial charge in [0.1, 0.15) is 12.3 Å². The van der Waals surface area contributed by atoms with Crippen LogP contribution in [-0.4, -0.2) is 47.2 Å². The number of hydrogen-bond donors (Lipinski definition) is 0. The maximum Gasteiger partial charge on any atom is 0.273 e. The SMILES string of the molecule is COc1cccc(C(=O)CN(C(=O)c2ccc(Cl)c(Cl)c2)N2C(=O)[C@@H]3[C@@H](C2=O)[C@H]2C=C[C@H]3C2)c1. The Labute approximate surface area is 205 Å². The molecule has 2 bridgehead atoms. The Morgan fingerprint density at radius 1 is 0.971 bits per heavy atom. The number of amides is 3. The minimum atomic E-state index is -0.697. The van der Waals surface area contributed by atoms with E-state index >= 15 is 0 Å². The standard InChI is InChI=1S/C25H20Cl2N2O5/c1-34-17-4-2-3-13(10-17)20(30)12-28(23(31)16-7-8-18(26)19(27)11-16)29-24(32)21-14-5-6-15(9-14)22(21)25(29)33/h2-8,10-11,14-15,21-22H,9,12H2,1H3/t14-,15-,21-,22-/m0/s1. The zero-order valence-electron chi connectivity index (χ0n) is 18.1. The number of benzene rings is 2. The second-order valence-electron chi connectivity index (χ2n) is 8.63. The summed E-state index contributed by atoms with van der Waals surface area (Å²) in [5.41, 5.74) is 0.388. The van der Waals surface area contributed by atoms with Crippen molar-refractivity contribution in [2.45, 2.75) is 6.42 Å². The first-order chi connectivity index (χ1) is 16.3. The molecule has 2 aromatic rings. The second kappa shape index (κ2) is 8.56. The van der Waals surface area contributed by atoms with Crippen LogP contribution in [0.3, 0.4) is 0 Å². The van der Waals surface area contributed by atoms with Gasteiger partial charge >= 0.3 is 0 Å². The molecule has 0 radical (unpaired) electrons. The van der Waals surface area contributed by atoms with Gasteiger partial charge in [0, 0.05) is 11.1 Å². The van der Waals surface area contributed by atoms with E-state index in [0.717, 1.165) is 16.4 Å². The van der Waals surface area contributed by atoms with E-state index in [1.54, 1.807) is 18.2 Å². The quantitative estimate of drug-likeness (QED) is 0.340. The zero-order valence-corrected chi connectivity index (χ0v) is 19.6. The normalized spacial score (nSPS) is 24.5. The van der Waals surface area contributed by atoms with Gasteiger partial charge in [-0.1, -0.05) is 47.5 Å². The number of ether oxygens (including phenoxy) is 1. The summed E-state index contributed by atoms with van der Waals surface area (Å²) in [6, 6.07) is 10.7. The van der Waals surface area contributed by atoms with Gasteiger partial charge < -0.3 is 4.74 Å². The van der Waals surface area contributed by atoms with Crippen molar-refractivity contribution >= 4 is 46.7 Å². The predicted octanol–water partition coefficient (Wildman–Crippen LogP) is 4.05. The summed E-state index contributed by atoms with van der Waals surface area (Å²) in [4.78, 5) is 53.5. The molecule has 1 aliphatic heterocycles. The van der Waals surface area contributed by atoms with Gasteiger partial charge in [0.15, 0.2) is 5.78 Å². The Morgan fingerprint density at radius 3 is 2.26 bits per heavy atom. The third-order valence-corrected chi connectivity index (χ3v) is 7.51. The number of fused-ring (bicyclic) bond motifs is 5.